The quantitative estimate of drug-likeness (QED) is 0.854. The highest BCUT2D eigenvalue weighted by molar-refractivity contribution is 7.92. The van der Waals surface area contributed by atoms with Crippen molar-refractivity contribution in [2.75, 3.05) is 10.5 Å². The SMILES string of the molecule is Nc1cc(S(=O)(=O)Nc2cccc(Cl)c2F)ccc1F. The van der Waals surface area contributed by atoms with Gasteiger partial charge in [-0.05, 0) is 30.3 Å². The second-order valence-corrected chi connectivity index (χ2v) is 5.98. The number of benzene rings is 2. The van der Waals surface area contributed by atoms with Crippen LogP contribution in [0.15, 0.2) is 41.3 Å². The maximum absolute atomic E-state index is 13.6. The van der Waals surface area contributed by atoms with Gasteiger partial charge in [0.1, 0.15) is 5.82 Å². The van der Waals surface area contributed by atoms with E-state index in [9.17, 15) is 17.2 Å². The third-order valence-electron chi connectivity index (χ3n) is 2.47. The van der Waals surface area contributed by atoms with Crippen molar-refractivity contribution < 1.29 is 17.2 Å². The third-order valence-corrected chi connectivity index (χ3v) is 4.13. The molecule has 0 aliphatic rings. The minimum Gasteiger partial charge on any atom is -0.396 e. The molecule has 4 nitrogen and oxygen atoms in total. The number of sulfonamides is 1. The Morgan fingerprint density at radius 3 is 2.50 bits per heavy atom. The fourth-order valence-electron chi connectivity index (χ4n) is 1.48. The lowest BCUT2D eigenvalue weighted by molar-refractivity contribution is 0.597. The van der Waals surface area contributed by atoms with Crippen molar-refractivity contribution in [3.05, 3.63) is 53.1 Å². The van der Waals surface area contributed by atoms with Crippen molar-refractivity contribution in [2.45, 2.75) is 4.90 Å². The van der Waals surface area contributed by atoms with Crippen molar-refractivity contribution in [1.82, 2.24) is 0 Å². The highest BCUT2D eigenvalue weighted by atomic mass is 35.5. The molecule has 8 heteroatoms. The maximum atomic E-state index is 13.6. The Bertz CT molecular complexity index is 766. The van der Waals surface area contributed by atoms with Crippen LogP contribution in [0, 0.1) is 11.6 Å². The molecule has 20 heavy (non-hydrogen) atoms. The fraction of sp³-hybridized carbons (Fsp3) is 0. The van der Waals surface area contributed by atoms with Crippen molar-refractivity contribution in [3.8, 4) is 0 Å². The monoisotopic (exact) mass is 318 g/mol. The van der Waals surface area contributed by atoms with E-state index < -0.39 is 21.7 Å². The molecule has 0 aromatic heterocycles. The van der Waals surface area contributed by atoms with Crippen LogP contribution >= 0.6 is 11.6 Å². The molecule has 2 aromatic rings. The summed E-state index contributed by atoms with van der Waals surface area (Å²) in [6.45, 7) is 0. The average Bonchev–Trinajstić information content (AvgIpc) is 2.38. The molecule has 0 aliphatic heterocycles. The van der Waals surface area contributed by atoms with Gasteiger partial charge >= 0.3 is 0 Å². The van der Waals surface area contributed by atoms with Gasteiger partial charge in [-0.3, -0.25) is 4.72 Å². The summed E-state index contributed by atoms with van der Waals surface area (Å²) < 4.78 is 52.7. The lowest BCUT2D eigenvalue weighted by Gasteiger charge is -2.10. The normalized spacial score (nSPS) is 11.3. The van der Waals surface area contributed by atoms with Crippen LogP contribution in [-0.4, -0.2) is 8.42 Å². The Balaban J connectivity index is 2.41. The predicted molar refractivity (Wildman–Crippen MR) is 73.0 cm³/mol. The van der Waals surface area contributed by atoms with Gasteiger partial charge in [-0.25, -0.2) is 17.2 Å². The van der Waals surface area contributed by atoms with E-state index in [0.29, 0.717) is 0 Å². The number of nitrogens with two attached hydrogens (primary N) is 1. The molecule has 0 amide bonds. The summed E-state index contributed by atoms with van der Waals surface area (Å²) in [4.78, 5) is -0.282. The smallest absolute Gasteiger partial charge is 0.262 e. The van der Waals surface area contributed by atoms with E-state index in [1.54, 1.807) is 0 Å². The zero-order valence-corrected chi connectivity index (χ0v) is 11.5. The summed E-state index contributed by atoms with van der Waals surface area (Å²) in [6, 6.07) is 6.77. The van der Waals surface area contributed by atoms with Crippen LogP contribution in [0.4, 0.5) is 20.2 Å². The zero-order chi connectivity index (χ0) is 14.9. The molecule has 0 aliphatic carbocycles. The Morgan fingerprint density at radius 1 is 1.15 bits per heavy atom. The number of rotatable bonds is 3. The number of halogens is 3. The van der Waals surface area contributed by atoms with Crippen molar-refractivity contribution in [1.29, 1.82) is 0 Å². The molecule has 0 atom stereocenters. The Kier molecular flexibility index (Phi) is 3.82. The standard InChI is InChI=1S/C12H9ClF2N2O2S/c13-8-2-1-3-11(12(8)15)17-20(18,19)7-4-5-9(14)10(16)6-7/h1-6,17H,16H2. The van der Waals surface area contributed by atoms with Gasteiger partial charge in [-0.15, -0.1) is 0 Å². The minimum atomic E-state index is -4.09. The molecular weight excluding hydrogens is 310 g/mol. The van der Waals surface area contributed by atoms with E-state index in [1.165, 1.54) is 18.2 Å². The molecule has 0 saturated carbocycles. The lowest BCUT2D eigenvalue weighted by Crippen LogP contribution is -2.14. The average molecular weight is 319 g/mol. The van der Waals surface area contributed by atoms with Gasteiger partial charge in [0, 0.05) is 0 Å². The molecular formula is C12H9ClF2N2O2S. The first-order chi connectivity index (χ1) is 9.31. The van der Waals surface area contributed by atoms with Crippen molar-refractivity contribution in [2.24, 2.45) is 0 Å². The Labute approximate surface area is 119 Å². The lowest BCUT2D eigenvalue weighted by atomic mass is 10.3. The van der Waals surface area contributed by atoms with Gasteiger partial charge in [-0.2, -0.15) is 0 Å². The third kappa shape index (κ3) is 2.83. The number of nitrogen functional groups attached to an aromatic ring is 1. The fourth-order valence-corrected chi connectivity index (χ4v) is 2.74. The highest BCUT2D eigenvalue weighted by Gasteiger charge is 2.18. The number of anilines is 2. The summed E-state index contributed by atoms with van der Waals surface area (Å²) in [6.07, 6.45) is 0. The van der Waals surface area contributed by atoms with Crippen LogP contribution in [0.3, 0.4) is 0 Å². The van der Waals surface area contributed by atoms with Crippen LogP contribution in [0.2, 0.25) is 5.02 Å². The molecule has 2 aromatic carbocycles. The molecule has 2 rings (SSSR count). The number of hydrogen-bond acceptors (Lipinski definition) is 3. The highest BCUT2D eigenvalue weighted by Crippen LogP contribution is 2.25. The molecule has 0 fully saturated rings. The topological polar surface area (TPSA) is 72.2 Å². The summed E-state index contributed by atoms with van der Waals surface area (Å²) in [5.74, 6) is -1.63. The number of hydrogen-bond donors (Lipinski definition) is 2. The van der Waals surface area contributed by atoms with Crippen LogP contribution in [0.5, 0.6) is 0 Å². The van der Waals surface area contributed by atoms with Crippen LogP contribution in [0.25, 0.3) is 0 Å². The van der Waals surface area contributed by atoms with Gasteiger partial charge < -0.3 is 5.73 Å². The Hall–Kier alpha value is -1.86. The first-order valence-corrected chi connectivity index (χ1v) is 7.19. The van der Waals surface area contributed by atoms with Crippen LogP contribution in [0.1, 0.15) is 0 Å². The molecule has 0 bridgehead atoms. The van der Waals surface area contributed by atoms with Gasteiger partial charge in [-0.1, -0.05) is 17.7 Å². The molecule has 0 saturated heterocycles. The van der Waals surface area contributed by atoms with Crippen molar-refractivity contribution in [3.63, 3.8) is 0 Å². The summed E-state index contributed by atoms with van der Waals surface area (Å²) >= 11 is 5.56. The predicted octanol–water partition coefficient (Wildman–Crippen LogP) is 3.00. The summed E-state index contributed by atoms with van der Waals surface area (Å²) in [5.41, 5.74) is 4.68. The largest absolute Gasteiger partial charge is 0.396 e. The molecule has 106 valence electrons. The maximum Gasteiger partial charge on any atom is 0.262 e. The number of nitrogens with one attached hydrogen (secondary N) is 1. The molecule has 0 spiro atoms. The molecule has 0 radical (unpaired) electrons. The zero-order valence-electron chi connectivity index (χ0n) is 9.90. The summed E-state index contributed by atoms with van der Waals surface area (Å²) in [5, 5.41) is -0.219. The molecule has 3 N–H and O–H groups in total. The van der Waals surface area contributed by atoms with E-state index in [-0.39, 0.29) is 21.3 Å². The first-order valence-electron chi connectivity index (χ1n) is 5.33. The summed E-state index contributed by atoms with van der Waals surface area (Å²) in [7, 11) is -4.09. The van der Waals surface area contributed by atoms with Gasteiger partial charge in [0.25, 0.3) is 10.0 Å². The minimum absolute atomic E-state index is 0.219. The van der Waals surface area contributed by atoms with E-state index in [2.05, 4.69) is 0 Å². The first kappa shape index (κ1) is 14.5. The van der Waals surface area contributed by atoms with Gasteiger partial charge in [0.05, 0.1) is 21.3 Å². The molecule has 0 heterocycles. The van der Waals surface area contributed by atoms with Crippen molar-refractivity contribution >= 4 is 33.0 Å². The van der Waals surface area contributed by atoms with E-state index in [1.807, 2.05) is 4.72 Å². The van der Waals surface area contributed by atoms with Crippen LogP contribution in [-0.2, 0) is 10.0 Å². The molecule has 0 unspecified atom stereocenters. The van der Waals surface area contributed by atoms with E-state index >= 15 is 0 Å². The van der Waals surface area contributed by atoms with E-state index in [4.69, 9.17) is 17.3 Å². The van der Waals surface area contributed by atoms with Crippen LogP contribution < -0.4 is 10.5 Å². The van der Waals surface area contributed by atoms with E-state index in [0.717, 1.165) is 18.2 Å². The second-order valence-electron chi connectivity index (χ2n) is 3.89. The second kappa shape index (κ2) is 5.26. The van der Waals surface area contributed by atoms with Gasteiger partial charge in [0.2, 0.25) is 0 Å². The Morgan fingerprint density at radius 2 is 1.85 bits per heavy atom. The van der Waals surface area contributed by atoms with Gasteiger partial charge in [0.15, 0.2) is 5.82 Å².